The monoisotopic (exact) mass is 399 g/mol. The number of carbonyl (C=O) groups is 2. The van der Waals surface area contributed by atoms with Crippen LogP contribution in [0.1, 0.15) is 30.2 Å². The first kappa shape index (κ1) is 19.0. The van der Waals surface area contributed by atoms with Gasteiger partial charge in [-0.3, -0.25) is 14.5 Å². The fourth-order valence-corrected chi connectivity index (χ4v) is 4.72. The average Bonchev–Trinajstić information content (AvgIpc) is 3.42. The second-order valence-electron chi connectivity index (χ2n) is 7.13. The standard InChI is InChI=1S/C21H25N3O3S/c25-20(9-12-24-16-6-1-2-7-18(16)27-15-21(24)26)22-14-17(19-8-5-13-28-19)23-10-3-4-11-23/h1-2,5-8,13,17H,3-4,9-12,14-15H2,(H,22,25). The molecule has 3 heterocycles. The fourth-order valence-electron chi connectivity index (χ4n) is 3.86. The van der Waals surface area contributed by atoms with Crippen molar-refractivity contribution in [2.45, 2.75) is 25.3 Å². The van der Waals surface area contributed by atoms with Gasteiger partial charge in [0.1, 0.15) is 5.75 Å². The molecule has 1 atom stereocenters. The zero-order chi connectivity index (χ0) is 19.3. The minimum absolute atomic E-state index is 0.0219. The van der Waals surface area contributed by atoms with Gasteiger partial charge < -0.3 is 15.0 Å². The zero-order valence-electron chi connectivity index (χ0n) is 15.8. The molecule has 1 unspecified atom stereocenters. The summed E-state index contributed by atoms with van der Waals surface area (Å²) in [5, 5.41) is 5.17. The van der Waals surface area contributed by atoms with E-state index in [-0.39, 0.29) is 30.9 Å². The highest BCUT2D eigenvalue weighted by atomic mass is 32.1. The second-order valence-corrected chi connectivity index (χ2v) is 8.11. The van der Waals surface area contributed by atoms with E-state index in [1.54, 1.807) is 16.2 Å². The van der Waals surface area contributed by atoms with Gasteiger partial charge in [-0.1, -0.05) is 18.2 Å². The Kier molecular flexibility index (Phi) is 5.92. The lowest BCUT2D eigenvalue weighted by atomic mass is 10.2. The minimum Gasteiger partial charge on any atom is -0.482 e. The summed E-state index contributed by atoms with van der Waals surface area (Å²) in [7, 11) is 0. The largest absolute Gasteiger partial charge is 0.482 e. The Morgan fingerprint density at radius 1 is 1.18 bits per heavy atom. The van der Waals surface area contributed by atoms with E-state index in [0.29, 0.717) is 18.8 Å². The molecule has 1 saturated heterocycles. The van der Waals surface area contributed by atoms with Crippen molar-refractivity contribution in [1.29, 1.82) is 0 Å². The van der Waals surface area contributed by atoms with Crippen LogP contribution in [0, 0.1) is 0 Å². The summed E-state index contributed by atoms with van der Waals surface area (Å²) in [4.78, 5) is 30.1. The van der Waals surface area contributed by atoms with Crippen molar-refractivity contribution in [3.63, 3.8) is 0 Å². The summed E-state index contributed by atoms with van der Waals surface area (Å²) in [5.74, 6) is 0.548. The van der Waals surface area contributed by atoms with E-state index in [1.165, 1.54) is 17.7 Å². The van der Waals surface area contributed by atoms with Gasteiger partial charge >= 0.3 is 0 Å². The number of amides is 2. The number of anilines is 1. The van der Waals surface area contributed by atoms with Crippen LogP contribution in [0.25, 0.3) is 0 Å². The van der Waals surface area contributed by atoms with E-state index in [0.717, 1.165) is 18.8 Å². The predicted octanol–water partition coefficient (Wildman–Crippen LogP) is 2.82. The van der Waals surface area contributed by atoms with Gasteiger partial charge in [0.15, 0.2) is 6.61 Å². The van der Waals surface area contributed by atoms with E-state index < -0.39 is 0 Å². The Morgan fingerprint density at radius 3 is 2.79 bits per heavy atom. The van der Waals surface area contributed by atoms with Crippen LogP contribution in [-0.4, -0.2) is 49.5 Å². The minimum atomic E-state index is -0.111. The van der Waals surface area contributed by atoms with Gasteiger partial charge in [-0.25, -0.2) is 0 Å². The number of nitrogens with one attached hydrogen (secondary N) is 1. The normalized spacial score (nSPS) is 17.9. The summed E-state index contributed by atoms with van der Waals surface area (Å²) in [6.45, 7) is 3.15. The number of thiophene rings is 1. The number of likely N-dealkylation sites (tertiary alicyclic amines) is 1. The maximum Gasteiger partial charge on any atom is 0.265 e. The number of nitrogens with zero attached hydrogens (tertiary/aromatic N) is 2. The third-order valence-corrected chi connectivity index (χ3v) is 6.29. The molecular weight excluding hydrogens is 374 g/mol. The Labute approximate surface area is 169 Å². The summed E-state index contributed by atoms with van der Waals surface area (Å²) in [6.07, 6.45) is 2.71. The fraction of sp³-hybridized carbons (Fsp3) is 0.429. The third-order valence-electron chi connectivity index (χ3n) is 5.32. The number of rotatable bonds is 7. The molecule has 6 nitrogen and oxygen atoms in total. The zero-order valence-corrected chi connectivity index (χ0v) is 16.6. The number of hydrogen-bond acceptors (Lipinski definition) is 5. The van der Waals surface area contributed by atoms with Gasteiger partial charge in [0.05, 0.1) is 11.7 Å². The summed E-state index contributed by atoms with van der Waals surface area (Å²) < 4.78 is 5.45. The smallest absolute Gasteiger partial charge is 0.265 e. The number of hydrogen-bond donors (Lipinski definition) is 1. The van der Waals surface area contributed by atoms with Crippen molar-refractivity contribution in [2.75, 3.05) is 37.7 Å². The Hall–Kier alpha value is -2.38. The van der Waals surface area contributed by atoms with Crippen molar-refractivity contribution >= 4 is 28.8 Å². The van der Waals surface area contributed by atoms with Crippen LogP contribution >= 0.6 is 11.3 Å². The maximum atomic E-state index is 12.5. The highest BCUT2D eigenvalue weighted by Crippen LogP contribution is 2.31. The van der Waals surface area contributed by atoms with E-state index >= 15 is 0 Å². The third kappa shape index (κ3) is 4.20. The second kappa shape index (κ2) is 8.75. The summed E-state index contributed by atoms with van der Waals surface area (Å²) in [5.41, 5.74) is 0.736. The lowest BCUT2D eigenvalue weighted by molar-refractivity contribution is -0.122. The number of para-hydroxylation sites is 2. The first-order valence-electron chi connectivity index (χ1n) is 9.79. The molecule has 1 aromatic heterocycles. The van der Waals surface area contributed by atoms with Gasteiger partial charge in [-0.05, 0) is 49.5 Å². The molecule has 0 radical (unpaired) electrons. The molecule has 1 aromatic carbocycles. The molecule has 2 aliphatic heterocycles. The highest BCUT2D eigenvalue weighted by molar-refractivity contribution is 7.10. The number of ether oxygens (including phenoxy) is 1. The molecule has 2 aromatic rings. The van der Waals surface area contributed by atoms with Crippen molar-refractivity contribution in [3.05, 3.63) is 46.7 Å². The number of benzene rings is 1. The Bertz CT molecular complexity index is 818. The molecule has 0 aliphatic carbocycles. The van der Waals surface area contributed by atoms with E-state index in [9.17, 15) is 9.59 Å². The van der Waals surface area contributed by atoms with Gasteiger partial charge in [0.2, 0.25) is 5.91 Å². The van der Waals surface area contributed by atoms with Gasteiger partial charge in [-0.15, -0.1) is 11.3 Å². The molecular formula is C21H25N3O3S. The van der Waals surface area contributed by atoms with Crippen LogP contribution in [0.3, 0.4) is 0 Å². The van der Waals surface area contributed by atoms with Crippen molar-refractivity contribution in [2.24, 2.45) is 0 Å². The Morgan fingerprint density at radius 2 is 2.00 bits per heavy atom. The van der Waals surface area contributed by atoms with Gasteiger partial charge in [0.25, 0.3) is 5.91 Å². The number of fused-ring (bicyclic) bond motifs is 1. The molecule has 28 heavy (non-hydrogen) atoms. The molecule has 2 aliphatic rings. The lowest BCUT2D eigenvalue weighted by Gasteiger charge is -2.29. The molecule has 0 saturated carbocycles. The van der Waals surface area contributed by atoms with Crippen LogP contribution in [-0.2, 0) is 9.59 Å². The predicted molar refractivity (Wildman–Crippen MR) is 110 cm³/mol. The molecule has 0 bridgehead atoms. The molecule has 7 heteroatoms. The van der Waals surface area contributed by atoms with Crippen LogP contribution in [0.2, 0.25) is 0 Å². The summed E-state index contributed by atoms with van der Waals surface area (Å²) >= 11 is 1.74. The molecule has 1 N–H and O–H groups in total. The molecule has 4 rings (SSSR count). The maximum absolute atomic E-state index is 12.5. The van der Waals surface area contributed by atoms with Crippen molar-refractivity contribution in [3.8, 4) is 5.75 Å². The van der Waals surface area contributed by atoms with Crippen LogP contribution in [0.15, 0.2) is 41.8 Å². The summed E-state index contributed by atoms with van der Waals surface area (Å²) in [6, 6.07) is 11.9. The van der Waals surface area contributed by atoms with Crippen molar-refractivity contribution in [1.82, 2.24) is 10.2 Å². The molecule has 0 spiro atoms. The van der Waals surface area contributed by atoms with Crippen LogP contribution in [0.4, 0.5) is 5.69 Å². The highest BCUT2D eigenvalue weighted by Gasteiger charge is 2.27. The van der Waals surface area contributed by atoms with E-state index in [1.807, 2.05) is 24.3 Å². The Balaban J connectivity index is 1.33. The van der Waals surface area contributed by atoms with E-state index in [4.69, 9.17) is 4.74 Å². The molecule has 2 amide bonds. The average molecular weight is 400 g/mol. The van der Waals surface area contributed by atoms with E-state index in [2.05, 4.69) is 27.7 Å². The molecule has 1 fully saturated rings. The van der Waals surface area contributed by atoms with Gasteiger partial charge in [-0.2, -0.15) is 0 Å². The van der Waals surface area contributed by atoms with Crippen LogP contribution in [0.5, 0.6) is 5.75 Å². The first-order valence-corrected chi connectivity index (χ1v) is 10.7. The topological polar surface area (TPSA) is 61.9 Å². The SMILES string of the molecule is O=C(CCN1C(=O)COc2ccccc21)NCC(c1cccs1)N1CCCC1. The first-order chi connectivity index (χ1) is 13.7. The van der Waals surface area contributed by atoms with Crippen LogP contribution < -0.4 is 15.0 Å². The van der Waals surface area contributed by atoms with Crippen molar-refractivity contribution < 1.29 is 14.3 Å². The van der Waals surface area contributed by atoms with Gasteiger partial charge in [0, 0.05) is 24.4 Å². The molecule has 148 valence electrons. The number of carbonyl (C=O) groups excluding carboxylic acids is 2. The quantitative estimate of drug-likeness (QED) is 0.778. The lowest BCUT2D eigenvalue weighted by Crippen LogP contribution is -2.42.